The van der Waals surface area contributed by atoms with Crippen molar-refractivity contribution in [3.05, 3.63) is 63.3 Å². The van der Waals surface area contributed by atoms with Crippen molar-refractivity contribution < 1.29 is 14.4 Å². The molecule has 1 aliphatic rings. The Morgan fingerprint density at radius 3 is 2.43 bits per heavy atom. The Morgan fingerprint density at radius 1 is 0.964 bits per heavy atom. The first-order chi connectivity index (χ1) is 13.5. The predicted molar refractivity (Wildman–Crippen MR) is 108 cm³/mol. The zero-order chi connectivity index (χ0) is 19.7. The minimum atomic E-state index is -0.791. The molecule has 0 saturated carbocycles. The van der Waals surface area contributed by atoms with Gasteiger partial charge in [-0.1, -0.05) is 35.9 Å². The van der Waals surface area contributed by atoms with Crippen LogP contribution in [0.1, 0.15) is 16.1 Å². The number of carbonyl (C=O) groups excluding carboxylic acids is 3. The van der Waals surface area contributed by atoms with Crippen molar-refractivity contribution in [3.63, 3.8) is 0 Å². The van der Waals surface area contributed by atoms with Crippen molar-refractivity contribution >= 4 is 40.5 Å². The molecule has 4 rings (SSSR count). The van der Waals surface area contributed by atoms with E-state index in [1.54, 1.807) is 11.3 Å². The van der Waals surface area contributed by atoms with Crippen molar-refractivity contribution in [1.82, 2.24) is 14.8 Å². The van der Waals surface area contributed by atoms with Gasteiger partial charge < -0.3 is 0 Å². The van der Waals surface area contributed by atoms with E-state index in [2.05, 4.69) is 4.98 Å². The second kappa shape index (κ2) is 7.65. The van der Waals surface area contributed by atoms with E-state index in [1.165, 1.54) is 11.3 Å². The van der Waals surface area contributed by atoms with Crippen molar-refractivity contribution in [2.75, 3.05) is 6.54 Å². The van der Waals surface area contributed by atoms with Gasteiger partial charge in [-0.2, -0.15) is 0 Å². The third-order valence-electron chi connectivity index (χ3n) is 4.47. The van der Waals surface area contributed by atoms with Gasteiger partial charge in [-0.3, -0.25) is 14.5 Å². The van der Waals surface area contributed by atoms with Gasteiger partial charge in [0.15, 0.2) is 0 Å². The summed E-state index contributed by atoms with van der Waals surface area (Å²) in [6, 6.07) is 11.3. The number of aromatic nitrogens is 1. The van der Waals surface area contributed by atoms with Crippen molar-refractivity contribution in [1.29, 1.82) is 0 Å². The normalized spacial score (nSPS) is 14.4. The number of nitrogens with zero attached hydrogens (tertiary/aromatic N) is 3. The van der Waals surface area contributed by atoms with Crippen LogP contribution in [0.3, 0.4) is 0 Å². The molecule has 0 unspecified atom stereocenters. The van der Waals surface area contributed by atoms with Crippen LogP contribution in [-0.2, 0) is 22.6 Å². The van der Waals surface area contributed by atoms with Gasteiger partial charge in [-0.05, 0) is 18.4 Å². The summed E-state index contributed by atoms with van der Waals surface area (Å²) in [4.78, 5) is 44.7. The van der Waals surface area contributed by atoms with Crippen LogP contribution >= 0.6 is 22.7 Å². The van der Waals surface area contributed by atoms with E-state index in [1.807, 2.05) is 54.1 Å². The molecule has 1 aliphatic heterocycles. The summed E-state index contributed by atoms with van der Waals surface area (Å²) < 4.78 is 0. The number of benzene rings is 1. The second-order valence-electron chi connectivity index (χ2n) is 6.47. The number of hydrogen-bond donors (Lipinski definition) is 0. The lowest BCUT2D eigenvalue weighted by Gasteiger charge is -2.14. The highest BCUT2D eigenvalue weighted by molar-refractivity contribution is 7.13. The highest BCUT2D eigenvalue weighted by atomic mass is 32.1. The summed E-state index contributed by atoms with van der Waals surface area (Å²) in [6.45, 7) is 2.22. The first-order valence-electron chi connectivity index (χ1n) is 8.74. The number of amides is 4. The molecule has 0 spiro atoms. The number of aryl methyl sites for hydroxylation is 1. The zero-order valence-corrected chi connectivity index (χ0v) is 16.8. The van der Waals surface area contributed by atoms with Gasteiger partial charge in [0, 0.05) is 28.8 Å². The maximum Gasteiger partial charge on any atom is 0.334 e. The fourth-order valence-corrected chi connectivity index (χ4v) is 4.45. The van der Waals surface area contributed by atoms with Gasteiger partial charge in [0.05, 0.1) is 12.2 Å². The minimum absolute atomic E-state index is 0.00126. The summed E-state index contributed by atoms with van der Waals surface area (Å²) in [5.74, 6) is -1.56. The largest absolute Gasteiger partial charge is 0.334 e. The molecular weight excluding hydrogens is 394 g/mol. The quantitative estimate of drug-likeness (QED) is 0.458. The van der Waals surface area contributed by atoms with Gasteiger partial charge in [0.1, 0.15) is 5.01 Å². The minimum Gasteiger partial charge on any atom is -0.263 e. The maximum atomic E-state index is 12.6. The van der Waals surface area contributed by atoms with E-state index in [9.17, 15) is 14.4 Å². The number of imide groups is 2. The monoisotopic (exact) mass is 411 g/mol. The van der Waals surface area contributed by atoms with Crippen LogP contribution in [0.5, 0.6) is 0 Å². The third kappa shape index (κ3) is 3.61. The molecule has 1 fully saturated rings. The molecular formula is C20H17N3O3S2. The van der Waals surface area contributed by atoms with Gasteiger partial charge >= 0.3 is 17.8 Å². The second-order valence-corrected chi connectivity index (χ2v) is 8.36. The summed E-state index contributed by atoms with van der Waals surface area (Å²) in [5, 5.41) is 4.57. The number of urea groups is 1. The lowest BCUT2D eigenvalue weighted by molar-refractivity contribution is -0.143. The van der Waals surface area contributed by atoms with Crippen molar-refractivity contribution in [2.24, 2.45) is 0 Å². The predicted octanol–water partition coefficient (Wildman–Crippen LogP) is 3.71. The Morgan fingerprint density at radius 2 is 1.71 bits per heavy atom. The zero-order valence-electron chi connectivity index (χ0n) is 15.1. The third-order valence-corrected chi connectivity index (χ3v) is 6.34. The molecule has 0 atom stereocenters. The van der Waals surface area contributed by atoms with Crippen LogP contribution in [0.2, 0.25) is 0 Å². The summed E-state index contributed by atoms with van der Waals surface area (Å²) in [6.07, 6.45) is 0.546. The van der Waals surface area contributed by atoms with E-state index in [0.717, 1.165) is 30.8 Å². The number of thiazole rings is 1. The lowest BCUT2D eigenvalue weighted by atomic mass is 10.2. The van der Waals surface area contributed by atoms with Gasteiger partial charge in [0.25, 0.3) is 0 Å². The van der Waals surface area contributed by atoms with E-state index >= 15 is 0 Å². The molecule has 0 aliphatic carbocycles. The molecule has 3 heterocycles. The van der Waals surface area contributed by atoms with Crippen LogP contribution in [0, 0.1) is 6.92 Å². The Kier molecular flexibility index (Phi) is 5.06. The molecule has 1 aromatic carbocycles. The molecule has 8 heteroatoms. The van der Waals surface area contributed by atoms with Crippen LogP contribution < -0.4 is 0 Å². The summed E-state index contributed by atoms with van der Waals surface area (Å²) >= 11 is 3.00. The van der Waals surface area contributed by atoms with Gasteiger partial charge in [0.2, 0.25) is 0 Å². The number of carbonyl (C=O) groups is 3. The number of rotatable bonds is 6. The van der Waals surface area contributed by atoms with E-state index < -0.39 is 17.8 Å². The summed E-state index contributed by atoms with van der Waals surface area (Å²) in [7, 11) is 0. The van der Waals surface area contributed by atoms with Crippen molar-refractivity contribution in [2.45, 2.75) is 19.9 Å². The average molecular weight is 412 g/mol. The number of thiophene rings is 1. The molecule has 6 nitrogen and oxygen atoms in total. The SMILES string of the molecule is Cc1ccc(-c2nc(CN3C(=O)C(=O)N(CCc4cccs4)C3=O)cs2)cc1. The first-order valence-corrected chi connectivity index (χ1v) is 10.5. The molecule has 3 aromatic rings. The van der Waals surface area contributed by atoms with Gasteiger partial charge in [-0.15, -0.1) is 22.7 Å². The van der Waals surface area contributed by atoms with E-state index in [-0.39, 0.29) is 13.1 Å². The standard InChI is InChI=1S/C20H17N3O3S2/c1-13-4-6-14(7-5-13)17-21-15(12-28-17)11-23-19(25)18(24)22(20(23)26)9-8-16-3-2-10-27-16/h2-7,10,12H,8-9,11H2,1H3. The van der Waals surface area contributed by atoms with E-state index in [0.29, 0.717) is 12.1 Å². The molecule has 1 saturated heterocycles. The Hall–Kier alpha value is -2.84. The lowest BCUT2D eigenvalue weighted by Crippen LogP contribution is -2.34. The molecule has 142 valence electrons. The average Bonchev–Trinajstić information content (AvgIpc) is 3.41. The molecule has 28 heavy (non-hydrogen) atoms. The maximum absolute atomic E-state index is 12.6. The fourth-order valence-electron chi connectivity index (χ4n) is 2.93. The fraction of sp³-hybridized carbons (Fsp3) is 0.200. The molecule has 4 amide bonds. The number of hydrogen-bond acceptors (Lipinski definition) is 6. The highest BCUT2D eigenvalue weighted by Crippen LogP contribution is 2.25. The Labute approximate surface area is 170 Å². The molecule has 2 aromatic heterocycles. The van der Waals surface area contributed by atoms with Crippen LogP contribution in [0.25, 0.3) is 10.6 Å². The molecule has 0 bridgehead atoms. The van der Waals surface area contributed by atoms with Gasteiger partial charge in [-0.25, -0.2) is 14.7 Å². The molecule has 0 N–H and O–H groups in total. The van der Waals surface area contributed by atoms with Crippen LogP contribution in [0.4, 0.5) is 4.79 Å². The highest BCUT2D eigenvalue weighted by Gasteiger charge is 2.44. The smallest absolute Gasteiger partial charge is 0.263 e. The van der Waals surface area contributed by atoms with Crippen molar-refractivity contribution in [3.8, 4) is 10.6 Å². The Balaban J connectivity index is 1.45. The summed E-state index contributed by atoms with van der Waals surface area (Å²) in [5.41, 5.74) is 2.74. The topological polar surface area (TPSA) is 70.6 Å². The van der Waals surface area contributed by atoms with Crippen LogP contribution in [-0.4, -0.2) is 39.2 Å². The van der Waals surface area contributed by atoms with E-state index in [4.69, 9.17) is 0 Å². The van der Waals surface area contributed by atoms with Crippen LogP contribution in [0.15, 0.2) is 47.2 Å². The molecule has 0 radical (unpaired) electrons. The first kappa shape index (κ1) is 18.5. The Bertz CT molecular complexity index is 1030.